The van der Waals surface area contributed by atoms with Crippen LogP contribution in [0.1, 0.15) is 25.7 Å². The molecule has 0 atom stereocenters. The lowest BCUT2D eigenvalue weighted by Gasteiger charge is -2.37. The van der Waals surface area contributed by atoms with E-state index in [-0.39, 0.29) is 0 Å². The highest BCUT2D eigenvalue weighted by molar-refractivity contribution is 9.09. The van der Waals surface area contributed by atoms with Crippen molar-refractivity contribution in [3.05, 3.63) is 0 Å². The molecule has 14 heavy (non-hydrogen) atoms. The fourth-order valence-electron chi connectivity index (χ4n) is 2.74. The Labute approximate surface area is 95.8 Å². The van der Waals surface area contributed by atoms with Gasteiger partial charge in [0.15, 0.2) is 0 Å². The van der Waals surface area contributed by atoms with E-state index in [1.165, 1.54) is 58.4 Å². The summed E-state index contributed by atoms with van der Waals surface area (Å²) in [4.78, 5) is 5.29. The Morgan fingerprint density at radius 2 is 1.64 bits per heavy atom. The summed E-state index contributed by atoms with van der Waals surface area (Å²) in [7, 11) is 0. The van der Waals surface area contributed by atoms with Gasteiger partial charge in [0.05, 0.1) is 0 Å². The highest BCUT2D eigenvalue weighted by atomic mass is 79.9. The molecule has 1 saturated carbocycles. The highest BCUT2D eigenvalue weighted by Gasteiger charge is 2.25. The van der Waals surface area contributed by atoms with Crippen LogP contribution in [-0.2, 0) is 0 Å². The molecule has 0 N–H and O–H groups in total. The molecule has 2 nitrogen and oxygen atoms in total. The molecule has 0 radical (unpaired) electrons. The number of hydrogen-bond acceptors (Lipinski definition) is 2. The van der Waals surface area contributed by atoms with Crippen molar-refractivity contribution in [2.24, 2.45) is 0 Å². The van der Waals surface area contributed by atoms with Gasteiger partial charge in [-0.25, -0.2) is 0 Å². The van der Waals surface area contributed by atoms with Crippen LogP contribution in [0.5, 0.6) is 0 Å². The average Bonchev–Trinajstić information content (AvgIpc) is 2.72. The van der Waals surface area contributed by atoms with Crippen molar-refractivity contribution in [3.63, 3.8) is 0 Å². The molecule has 2 rings (SSSR count). The maximum absolute atomic E-state index is 3.51. The number of alkyl halides is 1. The molecule has 1 aliphatic heterocycles. The van der Waals surface area contributed by atoms with Crippen molar-refractivity contribution in [2.45, 2.75) is 31.7 Å². The minimum Gasteiger partial charge on any atom is -0.300 e. The van der Waals surface area contributed by atoms with Gasteiger partial charge >= 0.3 is 0 Å². The van der Waals surface area contributed by atoms with E-state index < -0.39 is 0 Å². The van der Waals surface area contributed by atoms with Crippen LogP contribution in [0.2, 0.25) is 0 Å². The first-order valence-corrected chi connectivity index (χ1v) is 7.04. The molecule has 82 valence electrons. The van der Waals surface area contributed by atoms with Crippen LogP contribution in [0, 0.1) is 0 Å². The molecule has 1 heterocycles. The van der Waals surface area contributed by atoms with E-state index in [4.69, 9.17) is 0 Å². The van der Waals surface area contributed by atoms with Crippen molar-refractivity contribution >= 4 is 15.9 Å². The lowest BCUT2D eigenvalue weighted by molar-refractivity contribution is 0.102. The van der Waals surface area contributed by atoms with E-state index >= 15 is 0 Å². The zero-order chi connectivity index (χ0) is 9.80. The van der Waals surface area contributed by atoms with E-state index in [1.807, 2.05) is 0 Å². The average molecular weight is 261 g/mol. The van der Waals surface area contributed by atoms with Gasteiger partial charge in [-0.3, -0.25) is 9.80 Å². The minimum absolute atomic E-state index is 0.932. The SMILES string of the molecule is BrCCN1CCN(C2CCCC2)CC1. The quantitative estimate of drug-likeness (QED) is 0.716. The second-order valence-electron chi connectivity index (χ2n) is 4.50. The zero-order valence-corrected chi connectivity index (χ0v) is 10.5. The van der Waals surface area contributed by atoms with Gasteiger partial charge in [0, 0.05) is 44.1 Å². The van der Waals surface area contributed by atoms with E-state index in [2.05, 4.69) is 25.7 Å². The van der Waals surface area contributed by atoms with Crippen LogP contribution in [0.15, 0.2) is 0 Å². The van der Waals surface area contributed by atoms with Crippen molar-refractivity contribution in [2.75, 3.05) is 38.1 Å². The Balaban J connectivity index is 1.72. The van der Waals surface area contributed by atoms with Gasteiger partial charge in [-0.1, -0.05) is 28.8 Å². The summed E-state index contributed by atoms with van der Waals surface area (Å²) in [6.07, 6.45) is 5.84. The summed E-state index contributed by atoms with van der Waals surface area (Å²) in [5.74, 6) is 0. The predicted molar refractivity (Wildman–Crippen MR) is 64.1 cm³/mol. The third kappa shape index (κ3) is 2.71. The second kappa shape index (κ2) is 5.47. The first kappa shape index (κ1) is 10.9. The smallest absolute Gasteiger partial charge is 0.0159 e. The van der Waals surface area contributed by atoms with Gasteiger partial charge in [-0.2, -0.15) is 0 Å². The molecule has 2 aliphatic rings. The van der Waals surface area contributed by atoms with Crippen molar-refractivity contribution in [3.8, 4) is 0 Å². The normalized spacial score (nSPS) is 27.2. The van der Waals surface area contributed by atoms with Gasteiger partial charge in [0.2, 0.25) is 0 Å². The fourth-order valence-corrected chi connectivity index (χ4v) is 3.24. The monoisotopic (exact) mass is 260 g/mol. The maximum Gasteiger partial charge on any atom is 0.0159 e. The molecule has 3 heteroatoms. The van der Waals surface area contributed by atoms with E-state index in [0.717, 1.165) is 11.4 Å². The summed E-state index contributed by atoms with van der Waals surface area (Å²) in [6, 6.07) is 0.932. The summed E-state index contributed by atoms with van der Waals surface area (Å²) >= 11 is 3.51. The van der Waals surface area contributed by atoms with Crippen molar-refractivity contribution < 1.29 is 0 Å². The van der Waals surface area contributed by atoms with Crippen molar-refractivity contribution in [1.82, 2.24) is 9.80 Å². The Morgan fingerprint density at radius 3 is 2.21 bits per heavy atom. The van der Waals surface area contributed by atoms with Crippen LogP contribution in [0.25, 0.3) is 0 Å². The third-order valence-electron chi connectivity index (χ3n) is 3.65. The Bertz CT molecular complexity index is 161. The summed E-state index contributed by atoms with van der Waals surface area (Å²) < 4.78 is 0. The Morgan fingerprint density at radius 1 is 1.00 bits per heavy atom. The summed E-state index contributed by atoms with van der Waals surface area (Å²) in [5, 5.41) is 1.12. The van der Waals surface area contributed by atoms with Gasteiger partial charge in [0.25, 0.3) is 0 Å². The van der Waals surface area contributed by atoms with Crippen molar-refractivity contribution in [1.29, 1.82) is 0 Å². The molecule has 0 spiro atoms. The van der Waals surface area contributed by atoms with Gasteiger partial charge < -0.3 is 0 Å². The van der Waals surface area contributed by atoms with E-state index in [9.17, 15) is 0 Å². The van der Waals surface area contributed by atoms with Crippen LogP contribution in [-0.4, -0.2) is 53.9 Å². The number of nitrogens with zero attached hydrogens (tertiary/aromatic N) is 2. The third-order valence-corrected chi connectivity index (χ3v) is 4.00. The predicted octanol–water partition coefficient (Wildman–Crippen LogP) is 1.94. The number of hydrogen-bond donors (Lipinski definition) is 0. The van der Waals surface area contributed by atoms with Crippen LogP contribution >= 0.6 is 15.9 Å². The molecule has 0 bridgehead atoms. The lowest BCUT2D eigenvalue weighted by atomic mass is 10.2. The molecular weight excluding hydrogens is 240 g/mol. The molecule has 0 unspecified atom stereocenters. The lowest BCUT2D eigenvalue weighted by Crippen LogP contribution is -2.49. The highest BCUT2D eigenvalue weighted by Crippen LogP contribution is 2.24. The zero-order valence-electron chi connectivity index (χ0n) is 8.92. The maximum atomic E-state index is 3.51. The van der Waals surface area contributed by atoms with E-state index in [0.29, 0.717) is 0 Å². The van der Waals surface area contributed by atoms with Gasteiger partial charge in [-0.15, -0.1) is 0 Å². The Kier molecular flexibility index (Phi) is 4.26. The number of piperazine rings is 1. The number of halogens is 1. The molecule has 0 aromatic heterocycles. The fraction of sp³-hybridized carbons (Fsp3) is 1.00. The molecule has 2 fully saturated rings. The van der Waals surface area contributed by atoms with E-state index in [1.54, 1.807) is 0 Å². The molecule has 1 aliphatic carbocycles. The van der Waals surface area contributed by atoms with Crippen LogP contribution < -0.4 is 0 Å². The van der Waals surface area contributed by atoms with Gasteiger partial charge in [0.1, 0.15) is 0 Å². The Hall–Kier alpha value is 0.400. The molecule has 0 aromatic carbocycles. The summed E-state index contributed by atoms with van der Waals surface area (Å²) in [6.45, 7) is 6.39. The second-order valence-corrected chi connectivity index (χ2v) is 5.30. The first-order valence-electron chi connectivity index (χ1n) is 5.92. The standard InChI is InChI=1S/C11H21BrN2/c12-5-6-13-7-9-14(10-8-13)11-3-1-2-4-11/h11H,1-10H2. The largest absolute Gasteiger partial charge is 0.300 e. The first-order chi connectivity index (χ1) is 6.90. The van der Waals surface area contributed by atoms with Crippen LogP contribution in [0.4, 0.5) is 0 Å². The molecular formula is C11H21BrN2. The van der Waals surface area contributed by atoms with Gasteiger partial charge in [-0.05, 0) is 12.8 Å². The number of rotatable bonds is 3. The molecule has 0 amide bonds. The van der Waals surface area contributed by atoms with Crippen LogP contribution in [0.3, 0.4) is 0 Å². The molecule has 0 aromatic rings. The topological polar surface area (TPSA) is 6.48 Å². The molecule has 1 saturated heterocycles. The summed E-state index contributed by atoms with van der Waals surface area (Å²) in [5.41, 5.74) is 0. The minimum atomic E-state index is 0.932.